The second-order valence-electron chi connectivity index (χ2n) is 9.22. The molecular formula is C27H22ClN3O4S. The molecule has 0 radical (unpaired) electrons. The average molecular weight is 520 g/mol. The van der Waals surface area contributed by atoms with Crippen LogP contribution in [0.2, 0.25) is 5.02 Å². The number of carbonyl (C=O) groups is 1. The number of benzene rings is 3. The molecule has 3 heterocycles. The Labute approximate surface area is 213 Å². The van der Waals surface area contributed by atoms with E-state index in [1.54, 1.807) is 36.5 Å². The molecule has 0 fully saturated rings. The van der Waals surface area contributed by atoms with Crippen LogP contribution in [0.4, 0.5) is 11.4 Å². The van der Waals surface area contributed by atoms with E-state index in [0.29, 0.717) is 34.7 Å². The molecule has 182 valence electrons. The van der Waals surface area contributed by atoms with E-state index in [1.165, 1.54) is 16.4 Å². The summed E-state index contributed by atoms with van der Waals surface area (Å²) < 4.78 is 29.9. The van der Waals surface area contributed by atoms with Crippen molar-refractivity contribution >= 4 is 49.8 Å². The molecule has 0 unspecified atom stereocenters. The minimum Gasteiger partial charge on any atom is -0.343 e. The van der Waals surface area contributed by atoms with E-state index >= 15 is 0 Å². The van der Waals surface area contributed by atoms with Crippen molar-refractivity contribution in [2.75, 3.05) is 16.2 Å². The Balaban J connectivity index is 1.34. The molecule has 7 nitrogen and oxygen atoms in total. The topological polar surface area (TPSA) is 88.5 Å². The molecule has 0 bridgehead atoms. The number of amides is 1. The van der Waals surface area contributed by atoms with Crippen LogP contribution in [0.5, 0.6) is 0 Å². The van der Waals surface area contributed by atoms with Gasteiger partial charge in [-0.25, -0.2) is 8.42 Å². The number of nitrogens with one attached hydrogen (secondary N) is 1. The summed E-state index contributed by atoms with van der Waals surface area (Å²) in [6.45, 7) is 2.36. The molecule has 0 spiro atoms. The highest BCUT2D eigenvalue weighted by Crippen LogP contribution is 2.36. The molecule has 3 aromatic carbocycles. The zero-order valence-electron chi connectivity index (χ0n) is 19.4. The zero-order valence-corrected chi connectivity index (χ0v) is 20.9. The quantitative estimate of drug-likeness (QED) is 0.420. The lowest BCUT2D eigenvalue weighted by Gasteiger charge is -2.20. The maximum atomic E-state index is 13.3. The van der Waals surface area contributed by atoms with Gasteiger partial charge in [-0.1, -0.05) is 29.8 Å². The molecule has 0 aliphatic carbocycles. The number of hydrogen-bond acceptors (Lipinski definition) is 4. The number of rotatable bonds is 4. The Morgan fingerprint density at radius 1 is 1.06 bits per heavy atom. The predicted octanol–water partition coefficient (Wildman–Crippen LogP) is 4.78. The van der Waals surface area contributed by atoms with Gasteiger partial charge in [0, 0.05) is 34.9 Å². The van der Waals surface area contributed by atoms with Gasteiger partial charge in [0.1, 0.15) is 5.56 Å². The third-order valence-electron chi connectivity index (χ3n) is 6.97. The van der Waals surface area contributed by atoms with Crippen LogP contribution >= 0.6 is 11.6 Å². The van der Waals surface area contributed by atoms with Gasteiger partial charge in [0.15, 0.2) is 0 Å². The number of halogens is 1. The van der Waals surface area contributed by atoms with Crippen LogP contribution in [-0.4, -0.2) is 25.4 Å². The van der Waals surface area contributed by atoms with Crippen LogP contribution < -0.4 is 15.1 Å². The molecular weight excluding hydrogens is 498 g/mol. The van der Waals surface area contributed by atoms with Gasteiger partial charge >= 0.3 is 0 Å². The van der Waals surface area contributed by atoms with Crippen LogP contribution in [0.15, 0.2) is 76.6 Å². The molecule has 1 N–H and O–H groups in total. The van der Waals surface area contributed by atoms with Gasteiger partial charge in [-0.05, 0) is 73.4 Å². The molecule has 2 aliphatic heterocycles. The van der Waals surface area contributed by atoms with Gasteiger partial charge in [-0.2, -0.15) is 0 Å². The first-order valence-corrected chi connectivity index (χ1v) is 13.4. The van der Waals surface area contributed by atoms with Gasteiger partial charge in [-0.3, -0.25) is 13.9 Å². The minimum atomic E-state index is -3.80. The number of nitrogens with zero attached hydrogens (tertiary/aromatic N) is 2. The third kappa shape index (κ3) is 3.51. The van der Waals surface area contributed by atoms with E-state index < -0.39 is 15.9 Å². The molecule has 0 saturated heterocycles. The Hall–Kier alpha value is -3.62. The number of sulfonamides is 1. The summed E-state index contributed by atoms with van der Waals surface area (Å²) in [4.78, 5) is 26.6. The predicted molar refractivity (Wildman–Crippen MR) is 141 cm³/mol. The maximum Gasteiger partial charge on any atom is 0.264 e. The Bertz CT molecular complexity index is 1730. The number of anilines is 2. The Kier molecular flexibility index (Phi) is 5.21. The van der Waals surface area contributed by atoms with Crippen LogP contribution in [0.3, 0.4) is 0 Å². The summed E-state index contributed by atoms with van der Waals surface area (Å²) in [5.74, 6) is -0.528. The van der Waals surface area contributed by atoms with E-state index in [-0.39, 0.29) is 21.9 Å². The van der Waals surface area contributed by atoms with Crippen molar-refractivity contribution in [1.82, 2.24) is 4.57 Å². The SMILES string of the molecule is C[C@@H]1Cc2cccc3c(=O)c(C(=O)Nc4ccc5c(c4)N(S(=O)(=O)c4ccc(Cl)cc4)CC5)cn1c23. The molecule has 4 aromatic rings. The molecule has 36 heavy (non-hydrogen) atoms. The van der Waals surface area contributed by atoms with Gasteiger partial charge in [0.25, 0.3) is 15.9 Å². The summed E-state index contributed by atoms with van der Waals surface area (Å²) in [5.41, 5.74) is 3.51. The second kappa shape index (κ2) is 8.21. The van der Waals surface area contributed by atoms with Crippen molar-refractivity contribution in [3.8, 4) is 0 Å². The summed E-state index contributed by atoms with van der Waals surface area (Å²) >= 11 is 5.92. The first-order valence-electron chi connectivity index (χ1n) is 11.6. The van der Waals surface area contributed by atoms with Crippen molar-refractivity contribution in [2.45, 2.75) is 30.7 Å². The number of carbonyl (C=O) groups excluding carboxylic acids is 1. The first-order chi connectivity index (χ1) is 17.2. The largest absolute Gasteiger partial charge is 0.343 e. The van der Waals surface area contributed by atoms with Gasteiger partial charge < -0.3 is 9.88 Å². The van der Waals surface area contributed by atoms with Crippen LogP contribution in [-0.2, 0) is 22.9 Å². The maximum absolute atomic E-state index is 13.3. The highest BCUT2D eigenvalue weighted by atomic mass is 35.5. The lowest BCUT2D eigenvalue weighted by Crippen LogP contribution is -2.29. The lowest BCUT2D eigenvalue weighted by molar-refractivity contribution is 0.102. The molecule has 1 amide bonds. The fourth-order valence-corrected chi connectivity index (χ4v) is 6.81. The fourth-order valence-electron chi connectivity index (χ4n) is 5.19. The third-order valence-corrected chi connectivity index (χ3v) is 9.05. The molecule has 0 saturated carbocycles. The van der Waals surface area contributed by atoms with Crippen LogP contribution in [0.25, 0.3) is 10.9 Å². The highest BCUT2D eigenvalue weighted by Gasteiger charge is 2.31. The summed E-state index contributed by atoms with van der Waals surface area (Å²) in [6, 6.07) is 17.0. The van der Waals surface area contributed by atoms with Crippen molar-refractivity contribution in [3.63, 3.8) is 0 Å². The number of aromatic nitrogens is 1. The van der Waals surface area contributed by atoms with E-state index in [0.717, 1.165) is 23.1 Å². The Morgan fingerprint density at radius 2 is 1.83 bits per heavy atom. The van der Waals surface area contributed by atoms with Crippen LogP contribution in [0.1, 0.15) is 34.5 Å². The van der Waals surface area contributed by atoms with Crippen molar-refractivity contribution in [2.24, 2.45) is 0 Å². The van der Waals surface area contributed by atoms with Gasteiger partial charge in [0.2, 0.25) is 5.43 Å². The van der Waals surface area contributed by atoms with Crippen molar-refractivity contribution in [1.29, 1.82) is 0 Å². The van der Waals surface area contributed by atoms with E-state index in [1.807, 2.05) is 22.8 Å². The first kappa shape index (κ1) is 22.8. The van der Waals surface area contributed by atoms with E-state index in [4.69, 9.17) is 11.6 Å². The van der Waals surface area contributed by atoms with Gasteiger partial charge in [-0.15, -0.1) is 0 Å². The second-order valence-corrected chi connectivity index (χ2v) is 11.5. The van der Waals surface area contributed by atoms with Crippen molar-refractivity contribution in [3.05, 3.63) is 98.8 Å². The smallest absolute Gasteiger partial charge is 0.264 e. The highest BCUT2D eigenvalue weighted by molar-refractivity contribution is 7.92. The van der Waals surface area contributed by atoms with Gasteiger partial charge in [0.05, 0.1) is 16.1 Å². The average Bonchev–Trinajstić information content (AvgIpc) is 3.42. The minimum absolute atomic E-state index is 0.0551. The van der Waals surface area contributed by atoms with E-state index in [2.05, 4.69) is 12.2 Å². The lowest BCUT2D eigenvalue weighted by atomic mass is 10.1. The normalized spacial score (nSPS) is 16.4. The van der Waals surface area contributed by atoms with Crippen molar-refractivity contribution < 1.29 is 13.2 Å². The summed E-state index contributed by atoms with van der Waals surface area (Å²) in [5, 5.41) is 3.78. The number of pyridine rings is 1. The summed E-state index contributed by atoms with van der Waals surface area (Å²) in [6.07, 6.45) is 3.00. The fraction of sp³-hybridized carbons (Fsp3) is 0.185. The summed E-state index contributed by atoms with van der Waals surface area (Å²) in [7, 11) is -3.80. The Morgan fingerprint density at radius 3 is 2.61 bits per heavy atom. The molecule has 2 aliphatic rings. The molecule has 1 aromatic heterocycles. The number of hydrogen-bond donors (Lipinski definition) is 1. The monoisotopic (exact) mass is 519 g/mol. The van der Waals surface area contributed by atoms with Crippen LogP contribution in [0, 0.1) is 0 Å². The molecule has 1 atom stereocenters. The van der Waals surface area contributed by atoms with E-state index in [9.17, 15) is 18.0 Å². The zero-order chi connectivity index (χ0) is 25.2. The number of para-hydroxylation sites is 1. The number of fused-ring (bicyclic) bond motifs is 1. The standard InChI is InChI=1S/C27H22ClN3O4S/c1-16-13-18-3-2-4-22-25(18)30(16)15-23(26(22)32)27(33)29-20-8-5-17-11-12-31(24(17)14-20)36(34,35)21-9-6-19(28)7-10-21/h2-10,14-16H,11-13H2,1H3,(H,29,33)/t16-/m1/s1. The molecule has 9 heteroatoms. The molecule has 6 rings (SSSR count).